The van der Waals surface area contributed by atoms with Gasteiger partial charge in [-0.3, -0.25) is 9.59 Å². The van der Waals surface area contributed by atoms with Gasteiger partial charge in [-0.05, 0) is 37.4 Å². The summed E-state index contributed by atoms with van der Waals surface area (Å²) in [6.07, 6.45) is 0. The van der Waals surface area contributed by atoms with Crippen molar-refractivity contribution in [1.29, 1.82) is 0 Å². The SMILES string of the molecule is CN1CCN(c2ccc3[nH]c(-c4c[c]c(C(N)=O)[nH]c4=O)cc3c2)CC1. The fourth-order valence-corrected chi connectivity index (χ4v) is 3.29. The van der Waals surface area contributed by atoms with Gasteiger partial charge in [0, 0.05) is 48.8 Å². The fraction of sp³-hybridized carbons (Fsp3) is 0.263. The largest absolute Gasteiger partial charge is 0.369 e. The van der Waals surface area contributed by atoms with E-state index < -0.39 is 5.91 Å². The molecule has 4 N–H and O–H groups in total. The molecule has 7 nitrogen and oxygen atoms in total. The van der Waals surface area contributed by atoms with E-state index in [1.54, 1.807) is 0 Å². The number of likely N-dealkylation sites (N-methyl/N-ethyl adjacent to an activating group) is 1. The van der Waals surface area contributed by atoms with Crippen molar-refractivity contribution >= 4 is 22.5 Å². The number of nitrogens with two attached hydrogens (primary N) is 1. The minimum absolute atomic E-state index is 0.0211. The van der Waals surface area contributed by atoms with E-state index in [4.69, 9.17) is 5.73 Å². The van der Waals surface area contributed by atoms with Crippen LogP contribution in [0, 0.1) is 6.07 Å². The smallest absolute Gasteiger partial charge is 0.265 e. The lowest BCUT2D eigenvalue weighted by Crippen LogP contribution is -2.44. The first kappa shape index (κ1) is 16.4. The van der Waals surface area contributed by atoms with E-state index in [9.17, 15) is 9.59 Å². The Morgan fingerprint density at radius 2 is 1.92 bits per heavy atom. The van der Waals surface area contributed by atoms with Crippen LogP contribution in [0.3, 0.4) is 0 Å². The van der Waals surface area contributed by atoms with Crippen LogP contribution in [-0.4, -0.2) is 54.0 Å². The van der Waals surface area contributed by atoms with Gasteiger partial charge >= 0.3 is 0 Å². The number of carbonyl (C=O) groups excluding carboxylic acids is 1. The zero-order chi connectivity index (χ0) is 18.3. The Balaban J connectivity index is 1.68. The van der Waals surface area contributed by atoms with Crippen molar-refractivity contribution < 1.29 is 4.79 Å². The molecule has 0 bridgehead atoms. The highest BCUT2D eigenvalue weighted by molar-refractivity contribution is 5.91. The molecule has 2 aromatic heterocycles. The Morgan fingerprint density at radius 3 is 2.62 bits per heavy atom. The monoisotopic (exact) mass is 350 g/mol. The van der Waals surface area contributed by atoms with E-state index >= 15 is 0 Å². The Morgan fingerprint density at radius 1 is 1.15 bits per heavy atom. The van der Waals surface area contributed by atoms with Crippen LogP contribution in [0.4, 0.5) is 5.69 Å². The first-order valence-corrected chi connectivity index (χ1v) is 8.53. The minimum atomic E-state index is -0.706. The lowest BCUT2D eigenvalue weighted by atomic mass is 10.1. The molecule has 1 aliphatic heterocycles. The van der Waals surface area contributed by atoms with Crippen LogP contribution >= 0.6 is 0 Å². The van der Waals surface area contributed by atoms with Crippen LogP contribution in [-0.2, 0) is 0 Å². The zero-order valence-electron chi connectivity index (χ0n) is 14.5. The number of rotatable bonds is 3. The Kier molecular flexibility index (Phi) is 4.00. The summed E-state index contributed by atoms with van der Waals surface area (Å²) < 4.78 is 0. The maximum Gasteiger partial charge on any atom is 0.265 e. The third-order valence-electron chi connectivity index (χ3n) is 4.85. The van der Waals surface area contributed by atoms with Crippen LogP contribution in [0.25, 0.3) is 22.2 Å². The van der Waals surface area contributed by atoms with E-state index in [0.29, 0.717) is 11.3 Å². The van der Waals surface area contributed by atoms with Crippen molar-refractivity contribution in [2.24, 2.45) is 5.73 Å². The van der Waals surface area contributed by atoms with E-state index in [1.165, 1.54) is 11.8 Å². The number of amides is 1. The normalized spacial score (nSPS) is 15.5. The number of H-pyrrole nitrogens is 2. The van der Waals surface area contributed by atoms with Gasteiger partial charge in [0.25, 0.3) is 11.5 Å². The lowest BCUT2D eigenvalue weighted by Gasteiger charge is -2.34. The Hall–Kier alpha value is -3.06. The second-order valence-electron chi connectivity index (χ2n) is 6.64. The van der Waals surface area contributed by atoms with E-state index in [1.807, 2.05) is 12.1 Å². The fourth-order valence-electron chi connectivity index (χ4n) is 3.29. The second-order valence-corrected chi connectivity index (χ2v) is 6.64. The number of pyridine rings is 1. The number of benzene rings is 1. The first-order valence-electron chi connectivity index (χ1n) is 8.53. The lowest BCUT2D eigenvalue weighted by molar-refractivity contribution is 0.0995. The second kappa shape index (κ2) is 6.34. The molecule has 0 saturated carbocycles. The van der Waals surface area contributed by atoms with Gasteiger partial charge in [0.05, 0.1) is 11.3 Å². The highest BCUT2D eigenvalue weighted by atomic mass is 16.1. The van der Waals surface area contributed by atoms with Gasteiger partial charge in [-0.2, -0.15) is 0 Å². The third-order valence-corrected chi connectivity index (χ3v) is 4.85. The number of nitrogens with one attached hydrogen (secondary N) is 2. The van der Waals surface area contributed by atoms with E-state index in [0.717, 1.165) is 37.1 Å². The van der Waals surface area contributed by atoms with Gasteiger partial charge in [-0.1, -0.05) is 0 Å². The van der Waals surface area contributed by atoms with Gasteiger partial charge in [0.15, 0.2) is 0 Å². The van der Waals surface area contributed by atoms with Gasteiger partial charge in [0.1, 0.15) is 5.69 Å². The number of aromatic nitrogens is 2. The molecule has 0 unspecified atom stereocenters. The van der Waals surface area contributed by atoms with Crippen LogP contribution in [0.15, 0.2) is 35.1 Å². The predicted octanol–water partition coefficient (Wildman–Crippen LogP) is 1.17. The summed E-state index contributed by atoms with van der Waals surface area (Å²) in [5.74, 6) is -0.706. The van der Waals surface area contributed by atoms with Crippen LogP contribution < -0.4 is 16.2 Å². The van der Waals surface area contributed by atoms with Crippen molar-refractivity contribution in [3.8, 4) is 11.3 Å². The molecule has 1 radical (unpaired) electrons. The number of carbonyl (C=O) groups is 1. The summed E-state index contributed by atoms with van der Waals surface area (Å²) in [5.41, 5.74) is 8.02. The van der Waals surface area contributed by atoms with Crippen LogP contribution in [0.2, 0.25) is 0 Å². The van der Waals surface area contributed by atoms with Gasteiger partial charge in [-0.15, -0.1) is 0 Å². The number of aromatic amines is 2. The molecule has 26 heavy (non-hydrogen) atoms. The molecule has 3 heterocycles. The van der Waals surface area contributed by atoms with Gasteiger partial charge < -0.3 is 25.5 Å². The third kappa shape index (κ3) is 2.97. The predicted molar refractivity (Wildman–Crippen MR) is 101 cm³/mol. The molecule has 7 heteroatoms. The molecule has 133 valence electrons. The van der Waals surface area contributed by atoms with Crippen LogP contribution in [0.5, 0.6) is 0 Å². The topological polar surface area (TPSA) is 98.2 Å². The van der Waals surface area contributed by atoms with Crippen molar-refractivity contribution in [1.82, 2.24) is 14.9 Å². The summed E-state index contributed by atoms with van der Waals surface area (Å²) in [6.45, 7) is 4.10. The van der Waals surface area contributed by atoms with E-state index in [2.05, 4.69) is 45.0 Å². The molecule has 1 saturated heterocycles. The summed E-state index contributed by atoms with van der Waals surface area (Å²) in [4.78, 5) is 33.8. The summed E-state index contributed by atoms with van der Waals surface area (Å²) in [5, 5.41) is 1.04. The number of fused-ring (bicyclic) bond motifs is 1. The van der Waals surface area contributed by atoms with Crippen molar-refractivity contribution in [3.63, 3.8) is 0 Å². The van der Waals surface area contributed by atoms with Crippen molar-refractivity contribution in [2.75, 3.05) is 38.1 Å². The maximum absolute atomic E-state index is 12.3. The number of piperazine rings is 1. The summed E-state index contributed by atoms with van der Waals surface area (Å²) in [7, 11) is 2.14. The molecule has 0 atom stereocenters. The molecule has 1 aromatic carbocycles. The maximum atomic E-state index is 12.3. The highest BCUT2D eigenvalue weighted by Gasteiger charge is 2.15. The molecule has 0 aliphatic carbocycles. The van der Waals surface area contributed by atoms with Crippen molar-refractivity contribution in [3.05, 3.63) is 52.4 Å². The molecule has 1 aliphatic rings. The van der Waals surface area contributed by atoms with Gasteiger partial charge in [-0.25, -0.2) is 0 Å². The first-order chi connectivity index (χ1) is 12.5. The van der Waals surface area contributed by atoms with Crippen molar-refractivity contribution in [2.45, 2.75) is 0 Å². The number of anilines is 1. The number of hydrogen-bond acceptors (Lipinski definition) is 4. The number of primary amides is 1. The molecule has 3 aromatic rings. The zero-order valence-corrected chi connectivity index (χ0v) is 14.5. The summed E-state index contributed by atoms with van der Waals surface area (Å²) in [6, 6.07) is 12.4. The molecule has 0 spiro atoms. The Labute approximate surface area is 150 Å². The molecular weight excluding hydrogens is 330 g/mol. The average molecular weight is 350 g/mol. The summed E-state index contributed by atoms with van der Waals surface area (Å²) >= 11 is 0. The molecule has 1 fully saturated rings. The standard InChI is InChI=1S/C19H20N5O2/c1-23-6-8-24(9-7-23)13-2-4-15-12(10-13)11-17(21-15)14-3-5-16(18(20)25)22-19(14)26/h2-4,10-11,21H,6-9H2,1H3,(H2,20,25)(H,22,26). The molecular formula is C19H20N5O2. The quantitative estimate of drug-likeness (QED) is 0.660. The number of hydrogen-bond donors (Lipinski definition) is 3. The van der Waals surface area contributed by atoms with Crippen LogP contribution in [0.1, 0.15) is 10.5 Å². The minimum Gasteiger partial charge on any atom is -0.369 e. The van der Waals surface area contributed by atoms with Gasteiger partial charge in [0.2, 0.25) is 0 Å². The average Bonchev–Trinajstić information content (AvgIpc) is 3.05. The highest BCUT2D eigenvalue weighted by Crippen LogP contribution is 2.26. The Bertz CT molecular complexity index is 1030. The molecule has 4 rings (SSSR count). The van der Waals surface area contributed by atoms with E-state index in [-0.39, 0.29) is 11.3 Å². The molecule has 1 amide bonds. The number of nitrogens with zero attached hydrogens (tertiary/aromatic N) is 2.